The van der Waals surface area contributed by atoms with E-state index in [-0.39, 0.29) is 17.0 Å². The van der Waals surface area contributed by atoms with E-state index in [1.807, 2.05) is 25.1 Å². The van der Waals surface area contributed by atoms with Crippen molar-refractivity contribution in [2.75, 3.05) is 37.8 Å². The summed E-state index contributed by atoms with van der Waals surface area (Å²) in [6.45, 7) is 0.597. The number of para-hydroxylation sites is 1. The average Bonchev–Trinajstić information content (AvgIpc) is 2.97. The van der Waals surface area contributed by atoms with Gasteiger partial charge in [0.1, 0.15) is 5.82 Å². The summed E-state index contributed by atoms with van der Waals surface area (Å²) in [6.07, 6.45) is 0.448. The maximum absolute atomic E-state index is 13.4. The van der Waals surface area contributed by atoms with Gasteiger partial charge in [0.2, 0.25) is 0 Å². The molecule has 0 aliphatic carbocycles. The molecule has 0 saturated carbocycles. The van der Waals surface area contributed by atoms with Gasteiger partial charge in [-0.1, -0.05) is 42.5 Å². The van der Waals surface area contributed by atoms with E-state index in [4.69, 9.17) is 4.28 Å². The lowest BCUT2D eigenvalue weighted by Gasteiger charge is -2.22. The molecule has 11 heteroatoms. The van der Waals surface area contributed by atoms with Gasteiger partial charge in [-0.3, -0.25) is 4.79 Å². The quantitative estimate of drug-likeness (QED) is 0.212. The van der Waals surface area contributed by atoms with E-state index < -0.39 is 27.9 Å². The minimum atomic E-state index is -4.40. The number of carbonyl (C=O) groups is 2. The zero-order chi connectivity index (χ0) is 30.1. The highest BCUT2D eigenvalue weighted by molar-refractivity contribution is 7.86. The molecular formula is C31H31FN4O5S. The first-order valence-corrected chi connectivity index (χ1v) is 14.5. The molecule has 2 N–H and O–H groups in total. The van der Waals surface area contributed by atoms with E-state index in [1.54, 1.807) is 48.5 Å². The second-order valence-electron chi connectivity index (χ2n) is 9.65. The molecule has 0 radical (unpaired) electrons. The Hall–Kier alpha value is -4.58. The van der Waals surface area contributed by atoms with E-state index in [0.29, 0.717) is 35.5 Å². The zero-order valence-corrected chi connectivity index (χ0v) is 24.0. The Morgan fingerprint density at radius 3 is 2.05 bits per heavy atom. The standard InChI is InChI=1S/C31H31FN4O5S/c1-35(2)20-7-21-36(41-42(39,40)29-11-6-8-25(22-29)23-12-16-26(32)17-13-23)30(37)24-14-18-28(19-15-24)34-31(38)33-27-9-4-3-5-10-27/h3-6,8-19,22H,7,20-21H2,1-2H3,(H2,33,34,38). The van der Waals surface area contributed by atoms with E-state index in [2.05, 4.69) is 10.6 Å². The smallest absolute Gasteiger partial charge is 0.309 e. The second kappa shape index (κ2) is 13.9. The van der Waals surface area contributed by atoms with Crippen molar-refractivity contribution in [2.45, 2.75) is 11.3 Å². The first-order chi connectivity index (χ1) is 20.1. The lowest BCUT2D eigenvalue weighted by molar-refractivity contribution is -0.0292. The van der Waals surface area contributed by atoms with Gasteiger partial charge < -0.3 is 15.5 Å². The van der Waals surface area contributed by atoms with Crippen LogP contribution in [0.25, 0.3) is 11.1 Å². The Kier molecular flexibility index (Phi) is 10.0. The maximum atomic E-state index is 13.4. The molecule has 0 saturated heterocycles. The highest BCUT2D eigenvalue weighted by Crippen LogP contribution is 2.25. The van der Waals surface area contributed by atoms with Crippen LogP contribution in [0.5, 0.6) is 0 Å². The van der Waals surface area contributed by atoms with Gasteiger partial charge in [0.05, 0.1) is 11.4 Å². The van der Waals surface area contributed by atoms with E-state index in [9.17, 15) is 22.4 Å². The minimum Gasteiger partial charge on any atom is -0.309 e. The summed E-state index contributed by atoms with van der Waals surface area (Å²) >= 11 is 0. The highest BCUT2D eigenvalue weighted by Gasteiger charge is 2.26. The summed E-state index contributed by atoms with van der Waals surface area (Å²) in [5.74, 6) is -1.07. The number of urea groups is 1. The first-order valence-electron chi connectivity index (χ1n) is 13.1. The van der Waals surface area contributed by atoms with Crippen LogP contribution >= 0.6 is 0 Å². The van der Waals surface area contributed by atoms with Gasteiger partial charge in [0.15, 0.2) is 0 Å². The number of nitrogens with zero attached hydrogens (tertiary/aromatic N) is 2. The maximum Gasteiger partial charge on any atom is 0.323 e. The van der Waals surface area contributed by atoms with Gasteiger partial charge in [0.25, 0.3) is 5.91 Å². The summed E-state index contributed by atoms with van der Waals surface area (Å²) in [7, 11) is -0.673. The largest absolute Gasteiger partial charge is 0.323 e. The number of amides is 3. The number of hydroxylamine groups is 2. The van der Waals surface area contributed by atoms with Gasteiger partial charge in [-0.05, 0) is 98.9 Å². The van der Waals surface area contributed by atoms with Crippen LogP contribution in [0, 0.1) is 5.82 Å². The molecule has 9 nitrogen and oxygen atoms in total. The van der Waals surface area contributed by atoms with Crippen LogP contribution in [0.1, 0.15) is 16.8 Å². The average molecular weight is 591 g/mol. The van der Waals surface area contributed by atoms with E-state index in [1.165, 1.54) is 48.5 Å². The molecule has 0 unspecified atom stereocenters. The molecule has 0 bridgehead atoms. The van der Waals surface area contributed by atoms with Gasteiger partial charge in [0, 0.05) is 16.9 Å². The van der Waals surface area contributed by atoms with Crippen molar-refractivity contribution in [2.24, 2.45) is 0 Å². The number of hydrogen-bond donors (Lipinski definition) is 2. The Bertz CT molecular complexity index is 1610. The number of anilines is 2. The highest BCUT2D eigenvalue weighted by atomic mass is 32.2. The fourth-order valence-corrected chi connectivity index (χ4v) is 4.97. The number of halogens is 1. The Morgan fingerprint density at radius 1 is 0.762 bits per heavy atom. The molecule has 0 spiro atoms. The molecule has 3 amide bonds. The molecule has 0 heterocycles. The van der Waals surface area contributed by atoms with Crippen LogP contribution in [0.4, 0.5) is 20.6 Å². The first kappa shape index (κ1) is 30.4. The normalized spacial score (nSPS) is 11.2. The van der Waals surface area contributed by atoms with Crippen LogP contribution in [0.2, 0.25) is 0 Å². The molecular weight excluding hydrogens is 559 g/mol. The molecule has 4 aromatic carbocycles. The fraction of sp³-hybridized carbons (Fsp3) is 0.161. The summed E-state index contributed by atoms with van der Waals surface area (Å²) in [5, 5.41) is 6.22. The second-order valence-corrected chi connectivity index (χ2v) is 11.2. The molecule has 0 aliphatic heterocycles. The van der Waals surface area contributed by atoms with E-state index in [0.717, 1.165) is 5.06 Å². The van der Waals surface area contributed by atoms with Crippen molar-refractivity contribution in [1.82, 2.24) is 9.96 Å². The van der Waals surface area contributed by atoms with Gasteiger partial charge in [-0.15, -0.1) is 4.28 Å². The molecule has 218 valence electrons. The minimum absolute atomic E-state index is 0.00732. The lowest BCUT2D eigenvalue weighted by Crippen LogP contribution is -2.35. The predicted molar refractivity (Wildman–Crippen MR) is 160 cm³/mol. The Morgan fingerprint density at radius 2 is 1.40 bits per heavy atom. The van der Waals surface area contributed by atoms with Crippen LogP contribution in [0.15, 0.2) is 108 Å². The number of benzene rings is 4. The summed E-state index contributed by atoms with van der Waals surface area (Å²) in [6, 6.07) is 26.2. The van der Waals surface area contributed by atoms with Crippen LogP contribution in [0.3, 0.4) is 0 Å². The van der Waals surface area contributed by atoms with Crippen LogP contribution in [-0.2, 0) is 14.4 Å². The molecule has 0 atom stereocenters. The number of rotatable bonds is 11. The third-order valence-electron chi connectivity index (χ3n) is 6.10. The van der Waals surface area contributed by atoms with Crippen LogP contribution < -0.4 is 10.6 Å². The van der Waals surface area contributed by atoms with Crippen molar-refractivity contribution in [3.8, 4) is 11.1 Å². The summed E-state index contributed by atoms with van der Waals surface area (Å²) in [5.41, 5.74) is 2.40. The third-order valence-corrected chi connectivity index (χ3v) is 7.31. The Labute approximate surface area is 244 Å². The van der Waals surface area contributed by atoms with Crippen molar-refractivity contribution >= 4 is 33.4 Å². The zero-order valence-electron chi connectivity index (χ0n) is 23.2. The molecule has 0 fully saturated rings. The molecule has 0 aliphatic rings. The molecule has 4 rings (SSSR count). The van der Waals surface area contributed by atoms with Crippen LogP contribution in [-0.4, -0.2) is 57.5 Å². The van der Waals surface area contributed by atoms with Crippen molar-refractivity contribution in [3.05, 3.63) is 115 Å². The number of nitrogens with one attached hydrogen (secondary N) is 2. The molecule has 0 aromatic heterocycles. The van der Waals surface area contributed by atoms with Gasteiger partial charge >= 0.3 is 16.1 Å². The summed E-state index contributed by atoms with van der Waals surface area (Å²) in [4.78, 5) is 27.5. The van der Waals surface area contributed by atoms with Gasteiger partial charge in [-0.25, -0.2) is 9.18 Å². The topological polar surface area (TPSA) is 108 Å². The predicted octanol–water partition coefficient (Wildman–Crippen LogP) is 5.85. The van der Waals surface area contributed by atoms with Crippen molar-refractivity contribution in [1.29, 1.82) is 0 Å². The third kappa shape index (κ3) is 8.46. The number of hydrogen-bond acceptors (Lipinski definition) is 6. The van der Waals surface area contributed by atoms with Gasteiger partial charge in [-0.2, -0.15) is 13.5 Å². The Balaban J connectivity index is 1.50. The summed E-state index contributed by atoms with van der Waals surface area (Å²) < 4.78 is 45.3. The van der Waals surface area contributed by atoms with E-state index >= 15 is 0 Å². The number of carbonyl (C=O) groups excluding carboxylic acids is 2. The van der Waals surface area contributed by atoms with Crippen molar-refractivity contribution < 1.29 is 26.7 Å². The fourth-order valence-electron chi connectivity index (χ4n) is 3.99. The molecule has 42 heavy (non-hydrogen) atoms. The van der Waals surface area contributed by atoms with Crippen molar-refractivity contribution in [3.63, 3.8) is 0 Å². The molecule has 4 aromatic rings. The SMILES string of the molecule is CN(C)CCCN(OS(=O)(=O)c1cccc(-c2ccc(F)cc2)c1)C(=O)c1ccc(NC(=O)Nc2ccccc2)cc1. The monoisotopic (exact) mass is 590 g/mol. The lowest BCUT2D eigenvalue weighted by atomic mass is 10.1.